The molecule has 0 spiro atoms. The lowest BCUT2D eigenvalue weighted by molar-refractivity contribution is 0.0693. The number of carbonyl (C=O) groups is 2. The summed E-state index contributed by atoms with van der Waals surface area (Å²) in [6, 6.07) is 4.67. The van der Waals surface area contributed by atoms with Crippen molar-refractivity contribution < 1.29 is 23.8 Å². The summed E-state index contributed by atoms with van der Waals surface area (Å²) in [7, 11) is 0. The van der Waals surface area contributed by atoms with E-state index in [1.807, 2.05) is 6.92 Å². The third-order valence-electron chi connectivity index (χ3n) is 6.09. The maximum atomic E-state index is 14.3. The van der Waals surface area contributed by atoms with E-state index < -0.39 is 11.8 Å². The van der Waals surface area contributed by atoms with Gasteiger partial charge in [0.1, 0.15) is 5.82 Å². The van der Waals surface area contributed by atoms with Gasteiger partial charge in [-0.25, -0.2) is 14.0 Å². The van der Waals surface area contributed by atoms with Crippen molar-refractivity contribution in [1.29, 1.82) is 0 Å². The van der Waals surface area contributed by atoms with E-state index in [2.05, 4.69) is 5.32 Å². The molecule has 2 aromatic rings. The molecule has 0 aliphatic carbocycles. The van der Waals surface area contributed by atoms with Crippen molar-refractivity contribution in [2.45, 2.75) is 52.7 Å². The van der Waals surface area contributed by atoms with Gasteiger partial charge in [-0.1, -0.05) is 17.7 Å². The van der Waals surface area contributed by atoms with E-state index in [-0.39, 0.29) is 24.2 Å². The second kappa shape index (κ2) is 10.4. The molecule has 1 saturated heterocycles. The Bertz CT molecular complexity index is 979. The zero-order valence-electron chi connectivity index (χ0n) is 18.6. The summed E-state index contributed by atoms with van der Waals surface area (Å²) in [6.07, 6.45) is 1.21. The number of carboxylic acids is 1. The van der Waals surface area contributed by atoms with Crippen LogP contribution >= 0.6 is 11.6 Å². The molecule has 0 atom stereocenters. The monoisotopic (exact) mass is 465 g/mol. The molecule has 1 amide bonds. The summed E-state index contributed by atoms with van der Waals surface area (Å²) in [6.45, 7) is 7.41. The minimum atomic E-state index is -1.02. The minimum Gasteiger partial charge on any atom is -0.478 e. The quantitative estimate of drug-likeness (QED) is 0.635. The van der Waals surface area contributed by atoms with Crippen LogP contribution in [0.4, 0.5) is 9.18 Å². The molecule has 1 aliphatic rings. The third kappa shape index (κ3) is 5.07. The minimum absolute atomic E-state index is 0.154. The number of carbonyl (C=O) groups excluding carboxylic acids is 1. The van der Waals surface area contributed by atoms with Gasteiger partial charge in [0.2, 0.25) is 0 Å². The zero-order chi connectivity index (χ0) is 23.4. The van der Waals surface area contributed by atoms with Crippen LogP contribution in [0.15, 0.2) is 18.2 Å². The number of piperidine rings is 1. The van der Waals surface area contributed by atoms with Crippen molar-refractivity contribution in [3.8, 4) is 0 Å². The van der Waals surface area contributed by atoms with Gasteiger partial charge in [0.25, 0.3) is 0 Å². The highest BCUT2D eigenvalue weighted by molar-refractivity contribution is 6.31. The Morgan fingerprint density at radius 2 is 1.91 bits per heavy atom. The molecule has 0 saturated carbocycles. The predicted octanol–water partition coefficient (Wildman–Crippen LogP) is 4.35. The number of likely N-dealkylation sites (tertiary alicyclic amines) is 1. The molecule has 0 bridgehead atoms. The van der Waals surface area contributed by atoms with Crippen LogP contribution < -0.4 is 5.32 Å². The third-order valence-corrected chi connectivity index (χ3v) is 6.44. The van der Waals surface area contributed by atoms with E-state index >= 15 is 0 Å². The Morgan fingerprint density at radius 3 is 2.50 bits per heavy atom. The fourth-order valence-electron chi connectivity index (χ4n) is 4.25. The van der Waals surface area contributed by atoms with Gasteiger partial charge in [0.15, 0.2) is 0 Å². The molecule has 1 aromatic carbocycles. The standard InChI is InChI=1S/C23H29ClFN3O4/c1-4-32-23(31)27-10-8-16(9-11-27)26-12-17-14(2)28(15(3)21(17)22(29)30)13-18-19(24)6-5-7-20(18)25/h5-7,16,26H,4,8-13H2,1-3H3,(H,29,30). The molecule has 0 radical (unpaired) electrons. The Hall–Kier alpha value is -2.58. The molecule has 7 nitrogen and oxygen atoms in total. The molecule has 3 rings (SSSR count). The number of rotatable bonds is 7. The number of nitrogens with one attached hydrogen (secondary N) is 1. The lowest BCUT2D eigenvalue weighted by Gasteiger charge is -2.31. The SMILES string of the molecule is CCOC(=O)N1CCC(NCc2c(C(=O)O)c(C)n(Cc3c(F)cccc3Cl)c2C)CC1. The number of hydrogen-bond acceptors (Lipinski definition) is 4. The first-order valence-corrected chi connectivity index (χ1v) is 11.1. The highest BCUT2D eigenvalue weighted by Crippen LogP contribution is 2.27. The van der Waals surface area contributed by atoms with Crippen LogP contribution in [0.3, 0.4) is 0 Å². The number of nitrogens with zero attached hydrogens (tertiary/aromatic N) is 2. The van der Waals surface area contributed by atoms with Crippen molar-refractivity contribution in [3.05, 3.63) is 57.1 Å². The van der Waals surface area contributed by atoms with Crippen LogP contribution in [0.25, 0.3) is 0 Å². The molecule has 2 heterocycles. The lowest BCUT2D eigenvalue weighted by atomic mass is 10.0. The number of amides is 1. The number of ether oxygens (including phenoxy) is 1. The van der Waals surface area contributed by atoms with Crippen LogP contribution in [0.5, 0.6) is 0 Å². The number of aromatic carboxylic acids is 1. The van der Waals surface area contributed by atoms with E-state index in [0.717, 1.165) is 18.5 Å². The first-order valence-electron chi connectivity index (χ1n) is 10.7. The summed E-state index contributed by atoms with van der Waals surface area (Å²) < 4.78 is 21.2. The number of halogens is 2. The first kappa shape index (κ1) is 24.1. The highest BCUT2D eigenvalue weighted by atomic mass is 35.5. The largest absolute Gasteiger partial charge is 0.478 e. The van der Waals surface area contributed by atoms with Gasteiger partial charge in [-0.15, -0.1) is 0 Å². The maximum Gasteiger partial charge on any atom is 0.409 e. The Balaban J connectivity index is 1.75. The summed E-state index contributed by atoms with van der Waals surface area (Å²) in [5.74, 6) is -1.44. The zero-order valence-corrected chi connectivity index (χ0v) is 19.3. The summed E-state index contributed by atoms with van der Waals surface area (Å²) in [5.41, 5.74) is 2.55. The van der Waals surface area contributed by atoms with Gasteiger partial charge in [-0.2, -0.15) is 0 Å². The first-order chi connectivity index (χ1) is 15.2. The predicted molar refractivity (Wildman–Crippen MR) is 120 cm³/mol. The summed E-state index contributed by atoms with van der Waals surface area (Å²) in [5, 5.41) is 13.6. The number of benzene rings is 1. The topological polar surface area (TPSA) is 83.8 Å². The van der Waals surface area contributed by atoms with E-state index in [0.29, 0.717) is 48.1 Å². The molecule has 1 aliphatic heterocycles. The van der Waals surface area contributed by atoms with Crippen LogP contribution in [-0.2, 0) is 17.8 Å². The van der Waals surface area contributed by atoms with Crippen LogP contribution in [0.1, 0.15) is 52.6 Å². The Morgan fingerprint density at radius 1 is 1.22 bits per heavy atom. The van der Waals surface area contributed by atoms with Crippen molar-refractivity contribution in [3.63, 3.8) is 0 Å². The second-order valence-corrected chi connectivity index (χ2v) is 8.36. The van der Waals surface area contributed by atoms with Gasteiger partial charge in [-0.3, -0.25) is 0 Å². The van der Waals surface area contributed by atoms with Crippen LogP contribution in [0, 0.1) is 19.7 Å². The molecule has 2 N–H and O–H groups in total. The van der Waals surface area contributed by atoms with Crippen molar-refractivity contribution in [1.82, 2.24) is 14.8 Å². The molecular formula is C23H29ClFN3O4. The van der Waals surface area contributed by atoms with E-state index in [1.54, 1.807) is 35.4 Å². The van der Waals surface area contributed by atoms with Crippen molar-refractivity contribution in [2.24, 2.45) is 0 Å². The smallest absolute Gasteiger partial charge is 0.409 e. The van der Waals surface area contributed by atoms with E-state index in [4.69, 9.17) is 16.3 Å². The van der Waals surface area contributed by atoms with E-state index in [9.17, 15) is 19.1 Å². The highest BCUT2D eigenvalue weighted by Gasteiger charge is 2.26. The molecule has 1 aromatic heterocycles. The van der Waals surface area contributed by atoms with Gasteiger partial charge < -0.3 is 24.6 Å². The molecule has 174 valence electrons. The fraction of sp³-hybridized carbons (Fsp3) is 0.478. The average molecular weight is 466 g/mol. The molecule has 1 fully saturated rings. The average Bonchev–Trinajstić information content (AvgIpc) is 2.99. The molecule has 0 unspecified atom stereocenters. The van der Waals surface area contributed by atoms with Gasteiger partial charge in [0.05, 0.1) is 18.7 Å². The Kier molecular flexibility index (Phi) is 7.79. The van der Waals surface area contributed by atoms with Crippen molar-refractivity contribution >= 4 is 23.7 Å². The number of hydrogen-bond donors (Lipinski definition) is 2. The fourth-order valence-corrected chi connectivity index (χ4v) is 4.48. The van der Waals surface area contributed by atoms with Crippen molar-refractivity contribution in [2.75, 3.05) is 19.7 Å². The number of carboxylic acid groups (broad SMARTS) is 1. The van der Waals surface area contributed by atoms with E-state index in [1.165, 1.54) is 6.07 Å². The number of aromatic nitrogens is 1. The molecule has 32 heavy (non-hydrogen) atoms. The molecule has 9 heteroatoms. The maximum absolute atomic E-state index is 14.3. The lowest BCUT2D eigenvalue weighted by Crippen LogP contribution is -2.45. The van der Waals surface area contributed by atoms with Gasteiger partial charge in [0, 0.05) is 53.2 Å². The molecular weight excluding hydrogens is 437 g/mol. The second-order valence-electron chi connectivity index (χ2n) is 7.96. The van der Waals surface area contributed by atoms with Gasteiger partial charge in [-0.05, 0) is 45.7 Å². The summed E-state index contributed by atoms with van der Waals surface area (Å²) in [4.78, 5) is 25.6. The Labute approximate surface area is 192 Å². The van der Waals surface area contributed by atoms with Crippen LogP contribution in [0.2, 0.25) is 5.02 Å². The summed E-state index contributed by atoms with van der Waals surface area (Å²) >= 11 is 6.19. The van der Waals surface area contributed by atoms with Crippen LogP contribution in [-0.4, -0.2) is 52.4 Å². The van der Waals surface area contributed by atoms with Gasteiger partial charge >= 0.3 is 12.1 Å². The normalized spacial score (nSPS) is 14.6.